The second-order valence-corrected chi connectivity index (χ2v) is 6.59. The topological polar surface area (TPSA) is 81.7 Å². The van der Waals surface area contributed by atoms with E-state index in [2.05, 4.69) is 10.1 Å². The Labute approximate surface area is 125 Å². The lowest BCUT2D eigenvalue weighted by Gasteiger charge is -2.20. The molecular weight excluding hydrogens is 294 g/mol. The van der Waals surface area contributed by atoms with E-state index < -0.39 is 27.6 Å². The van der Waals surface area contributed by atoms with Crippen molar-refractivity contribution in [3.05, 3.63) is 29.8 Å². The molecule has 0 saturated heterocycles. The molecule has 0 bridgehead atoms. The zero-order chi connectivity index (χ0) is 15.9. The summed E-state index contributed by atoms with van der Waals surface area (Å²) in [6.45, 7) is 2.48. The molecule has 0 radical (unpaired) electrons. The summed E-state index contributed by atoms with van der Waals surface area (Å²) < 4.78 is 33.8. The Hall–Kier alpha value is -1.60. The smallest absolute Gasteiger partial charge is 0.320 e. The van der Waals surface area contributed by atoms with Crippen LogP contribution in [0.1, 0.15) is 18.5 Å². The number of carbonyl (C=O) groups is 1. The van der Waals surface area contributed by atoms with Gasteiger partial charge in [-0.3, -0.25) is 4.79 Å². The highest BCUT2D eigenvalue weighted by molar-refractivity contribution is 7.92. The Morgan fingerprint density at radius 1 is 1.29 bits per heavy atom. The van der Waals surface area contributed by atoms with Crippen LogP contribution in [-0.4, -0.2) is 46.7 Å². The fraction of sp³-hybridized carbons (Fsp3) is 0.500. The lowest BCUT2D eigenvalue weighted by Crippen LogP contribution is -2.31. The van der Waals surface area contributed by atoms with Crippen molar-refractivity contribution in [3.63, 3.8) is 0 Å². The minimum absolute atomic E-state index is 0.198. The third kappa shape index (κ3) is 5.35. The van der Waals surface area contributed by atoms with E-state index in [9.17, 15) is 13.2 Å². The molecule has 0 aliphatic rings. The van der Waals surface area contributed by atoms with Gasteiger partial charge in [0.2, 0.25) is 0 Å². The van der Waals surface area contributed by atoms with Gasteiger partial charge in [0.1, 0.15) is 11.5 Å². The monoisotopic (exact) mass is 315 g/mol. The summed E-state index contributed by atoms with van der Waals surface area (Å²) in [6.07, 6.45) is 0. The normalized spacial score (nSPS) is 12.7. The van der Waals surface area contributed by atoms with E-state index in [-0.39, 0.29) is 5.75 Å². The molecule has 21 heavy (non-hydrogen) atoms. The van der Waals surface area contributed by atoms with E-state index in [0.717, 1.165) is 5.56 Å². The lowest BCUT2D eigenvalue weighted by molar-refractivity contribution is -0.137. The molecule has 0 saturated carbocycles. The summed E-state index contributed by atoms with van der Waals surface area (Å²) in [5.41, 5.74) is 0.746. The van der Waals surface area contributed by atoms with E-state index in [4.69, 9.17) is 4.74 Å². The second kappa shape index (κ2) is 7.99. The van der Waals surface area contributed by atoms with Gasteiger partial charge in [-0.25, -0.2) is 8.42 Å². The predicted octanol–water partition coefficient (Wildman–Crippen LogP) is 0.934. The first-order valence-corrected chi connectivity index (χ1v) is 8.39. The summed E-state index contributed by atoms with van der Waals surface area (Å²) in [5, 5.41) is 3.11. The van der Waals surface area contributed by atoms with Gasteiger partial charge in [-0.05, 0) is 12.6 Å². The van der Waals surface area contributed by atoms with E-state index in [1.165, 1.54) is 14.2 Å². The zero-order valence-corrected chi connectivity index (χ0v) is 13.3. The van der Waals surface area contributed by atoms with Crippen molar-refractivity contribution >= 4 is 15.8 Å². The number of sulfone groups is 1. The highest BCUT2D eigenvalue weighted by Gasteiger charge is 2.25. The van der Waals surface area contributed by atoms with Crippen molar-refractivity contribution in [1.82, 2.24) is 5.32 Å². The summed E-state index contributed by atoms with van der Waals surface area (Å²) >= 11 is 0. The van der Waals surface area contributed by atoms with Gasteiger partial charge < -0.3 is 14.8 Å². The first-order chi connectivity index (χ1) is 9.93. The van der Waals surface area contributed by atoms with E-state index >= 15 is 0 Å². The number of benzene rings is 1. The van der Waals surface area contributed by atoms with E-state index in [1.807, 2.05) is 19.1 Å². The molecule has 0 amide bonds. The molecule has 6 nitrogen and oxygen atoms in total. The summed E-state index contributed by atoms with van der Waals surface area (Å²) in [5.74, 6) is -0.973. The number of rotatable bonds is 8. The Kier molecular flexibility index (Phi) is 6.64. The number of ether oxygens (including phenoxy) is 2. The standard InChI is InChI=1S/C14H21NO5S/c1-4-15-12(9-21(17,18)10-14(16)20-3)11-7-5-6-8-13(11)19-2/h5-8,12,15H,4,9-10H2,1-3H3. The van der Waals surface area contributed by atoms with Crippen molar-refractivity contribution in [2.75, 3.05) is 32.3 Å². The van der Waals surface area contributed by atoms with Crippen LogP contribution < -0.4 is 10.1 Å². The average Bonchev–Trinajstić information content (AvgIpc) is 2.46. The highest BCUT2D eigenvalue weighted by atomic mass is 32.2. The van der Waals surface area contributed by atoms with Gasteiger partial charge in [-0.2, -0.15) is 0 Å². The maximum atomic E-state index is 12.1. The molecule has 1 unspecified atom stereocenters. The van der Waals surface area contributed by atoms with Crippen molar-refractivity contribution in [1.29, 1.82) is 0 Å². The van der Waals surface area contributed by atoms with Crippen LogP contribution in [0, 0.1) is 0 Å². The van der Waals surface area contributed by atoms with Crippen molar-refractivity contribution in [2.45, 2.75) is 13.0 Å². The van der Waals surface area contributed by atoms with Crippen LogP contribution in [0.2, 0.25) is 0 Å². The first-order valence-electron chi connectivity index (χ1n) is 6.57. The van der Waals surface area contributed by atoms with Crippen LogP contribution in [0.4, 0.5) is 0 Å². The van der Waals surface area contributed by atoms with Crippen molar-refractivity contribution in [2.24, 2.45) is 0 Å². The molecule has 0 aliphatic heterocycles. The van der Waals surface area contributed by atoms with Gasteiger partial charge >= 0.3 is 5.97 Å². The van der Waals surface area contributed by atoms with Crippen LogP contribution in [0.15, 0.2) is 24.3 Å². The third-order valence-electron chi connectivity index (χ3n) is 2.95. The van der Waals surface area contributed by atoms with Gasteiger partial charge in [0, 0.05) is 11.6 Å². The van der Waals surface area contributed by atoms with Crippen LogP contribution >= 0.6 is 0 Å². The average molecular weight is 315 g/mol. The van der Waals surface area contributed by atoms with Crippen LogP contribution in [0.5, 0.6) is 5.75 Å². The molecule has 118 valence electrons. The van der Waals surface area contributed by atoms with Crippen LogP contribution in [0.3, 0.4) is 0 Å². The Balaban J connectivity index is 2.99. The molecule has 1 aromatic rings. The lowest BCUT2D eigenvalue weighted by atomic mass is 10.1. The summed E-state index contributed by atoms with van der Waals surface area (Å²) in [7, 11) is -0.881. The second-order valence-electron chi connectivity index (χ2n) is 4.48. The van der Waals surface area contributed by atoms with Gasteiger partial charge in [0.15, 0.2) is 9.84 Å². The molecule has 1 rings (SSSR count). The minimum Gasteiger partial charge on any atom is -0.496 e. The zero-order valence-electron chi connectivity index (χ0n) is 12.5. The van der Waals surface area contributed by atoms with Gasteiger partial charge in [-0.1, -0.05) is 25.1 Å². The Morgan fingerprint density at radius 2 is 1.95 bits per heavy atom. The fourth-order valence-corrected chi connectivity index (χ4v) is 3.41. The number of methoxy groups -OCH3 is 2. The van der Waals surface area contributed by atoms with Crippen molar-refractivity contribution < 1.29 is 22.7 Å². The Bertz CT molecular complexity index is 570. The molecule has 1 aromatic carbocycles. The summed E-state index contributed by atoms with van der Waals surface area (Å²) in [4.78, 5) is 11.2. The molecule has 0 aliphatic carbocycles. The number of nitrogens with one attached hydrogen (secondary N) is 1. The highest BCUT2D eigenvalue weighted by Crippen LogP contribution is 2.26. The minimum atomic E-state index is -3.58. The molecule has 7 heteroatoms. The SMILES string of the molecule is CCNC(CS(=O)(=O)CC(=O)OC)c1ccccc1OC. The molecule has 0 fully saturated rings. The van der Waals surface area contributed by atoms with Gasteiger partial charge in [0.25, 0.3) is 0 Å². The Morgan fingerprint density at radius 3 is 2.52 bits per heavy atom. The van der Waals surface area contributed by atoms with Crippen LogP contribution in [-0.2, 0) is 19.4 Å². The first kappa shape index (κ1) is 17.5. The quantitative estimate of drug-likeness (QED) is 0.719. The van der Waals surface area contributed by atoms with Gasteiger partial charge in [0.05, 0.1) is 20.0 Å². The predicted molar refractivity (Wildman–Crippen MR) is 80.1 cm³/mol. The number of hydrogen-bond acceptors (Lipinski definition) is 6. The van der Waals surface area contributed by atoms with E-state index in [0.29, 0.717) is 12.3 Å². The molecule has 0 aromatic heterocycles. The number of carbonyl (C=O) groups excluding carboxylic acids is 1. The maximum absolute atomic E-state index is 12.1. The number of hydrogen-bond donors (Lipinski definition) is 1. The van der Waals surface area contributed by atoms with Crippen LogP contribution in [0.25, 0.3) is 0 Å². The molecular formula is C14H21NO5S. The third-order valence-corrected chi connectivity index (χ3v) is 4.47. The van der Waals surface area contributed by atoms with E-state index in [1.54, 1.807) is 12.1 Å². The largest absolute Gasteiger partial charge is 0.496 e. The summed E-state index contributed by atoms with van der Waals surface area (Å²) in [6, 6.07) is 6.76. The molecule has 0 spiro atoms. The molecule has 1 N–H and O–H groups in total. The number of para-hydroxylation sites is 1. The number of esters is 1. The molecule has 0 heterocycles. The van der Waals surface area contributed by atoms with Gasteiger partial charge in [-0.15, -0.1) is 0 Å². The molecule has 1 atom stereocenters. The maximum Gasteiger partial charge on any atom is 0.320 e. The fourth-order valence-electron chi connectivity index (χ4n) is 2.01. The van der Waals surface area contributed by atoms with Crippen molar-refractivity contribution in [3.8, 4) is 5.75 Å².